The van der Waals surface area contributed by atoms with Crippen LogP contribution in [0.15, 0.2) is 30.3 Å². The van der Waals surface area contributed by atoms with Crippen molar-refractivity contribution in [2.24, 2.45) is 5.92 Å². The number of ether oxygens (including phenoxy) is 3. The van der Waals surface area contributed by atoms with Gasteiger partial charge in [-0.05, 0) is 85.9 Å². The molecule has 0 radical (unpaired) electrons. The van der Waals surface area contributed by atoms with Crippen LogP contribution in [0.5, 0.6) is 11.5 Å². The molecule has 1 unspecified atom stereocenters. The Morgan fingerprint density at radius 2 is 1.92 bits per heavy atom. The van der Waals surface area contributed by atoms with Crippen LogP contribution in [-0.4, -0.2) is 75.0 Å². The summed E-state index contributed by atoms with van der Waals surface area (Å²) in [5, 5.41) is 48.6. The van der Waals surface area contributed by atoms with Crippen molar-refractivity contribution in [2.45, 2.75) is 69.7 Å². The molecule has 1 fully saturated rings. The standard InChI is InChI=1S/C27H34N2O7/c1-14-9-20-23(21(10-14)35-27-26(33)25(32)24(31)22(13-30)36-27)19(28-29-20)8-4-15-3-5-17-12-18(34-2)7-6-16(17)11-15/h6-7,9-10,12,15,22,24-27,30-33H,3-5,8,11,13H2,1-2H3,(H,28,29)/t15?,22-,24-,25+,26-,27-/m1/s1. The van der Waals surface area contributed by atoms with Gasteiger partial charge in [0.2, 0.25) is 6.29 Å². The van der Waals surface area contributed by atoms with Gasteiger partial charge in [-0.3, -0.25) is 5.10 Å². The first kappa shape index (κ1) is 25.0. The lowest BCUT2D eigenvalue weighted by molar-refractivity contribution is -0.277. The Balaban J connectivity index is 1.33. The van der Waals surface area contributed by atoms with E-state index in [1.165, 1.54) is 11.1 Å². The Morgan fingerprint density at radius 1 is 1.08 bits per heavy atom. The molecule has 3 aromatic rings. The van der Waals surface area contributed by atoms with E-state index in [4.69, 9.17) is 14.2 Å². The van der Waals surface area contributed by atoms with Crippen LogP contribution < -0.4 is 9.47 Å². The summed E-state index contributed by atoms with van der Waals surface area (Å²) in [6.45, 7) is 1.41. The number of benzene rings is 2. The molecular weight excluding hydrogens is 464 g/mol. The highest BCUT2D eigenvalue weighted by Gasteiger charge is 2.45. The number of H-pyrrole nitrogens is 1. The molecular formula is C27H34N2O7. The first-order valence-electron chi connectivity index (χ1n) is 12.5. The third-order valence-corrected chi connectivity index (χ3v) is 7.48. The Bertz CT molecular complexity index is 1210. The van der Waals surface area contributed by atoms with Crippen LogP contribution in [0.2, 0.25) is 0 Å². The largest absolute Gasteiger partial charge is 0.497 e. The van der Waals surface area contributed by atoms with Crippen molar-refractivity contribution < 1.29 is 34.6 Å². The number of hydrogen-bond acceptors (Lipinski definition) is 8. The number of aliphatic hydroxyl groups is 4. The maximum absolute atomic E-state index is 10.5. The molecule has 1 aliphatic carbocycles. The van der Waals surface area contributed by atoms with E-state index in [0.29, 0.717) is 11.7 Å². The Kier molecular flexibility index (Phi) is 7.18. The van der Waals surface area contributed by atoms with Crippen LogP contribution in [0, 0.1) is 12.8 Å². The molecule has 0 amide bonds. The van der Waals surface area contributed by atoms with Gasteiger partial charge in [0.15, 0.2) is 0 Å². The number of fused-ring (bicyclic) bond motifs is 2. The highest BCUT2D eigenvalue weighted by Crippen LogP contribution is 2.35. The third kappa shape index (κ3) is 4.81. The average Bonchev–Trinajstić information content (AvgIpc) is 3.30. The van der Waals surface area contributed by atoms with Gasteiger partial charge in [0.1, 0.15) is 35.9 Å². The van der Waals surface area contributed by atoms with Crippen molar-refractivity contribution in [3.05, 3.63) is 52.7 Å². The topological polar surface area (TPSA) is 137 Å². The van der Waals surface area contributed by atoms with E-state index in [1.807, 2.05) is 25.1 Å². The van der Waals surface area contributed by atoms with E-state index < -0.39 is 37.3 Å². The fourth-order valence-corrected chi connectivity index (χ4v) is 5.40. The van der Waals surface area contributed by atoms with E-state index >= 15 is 0 Å². The molecule has 0 spiro atoms. The van der Waals surface area contributed by atoms with Gasteiger partial charge < -0.3 is 34.6 Å². The number of nitrogens with zero attached hydrogens (tertiary/aromatic N) is 1. The molecule has 2 aliphatic rings. The highest BCUT2D eigenvalue weighted by molar-refractivity contribution is 5.88. The number of nitrogens with one attached hydrogen (secondary N) is 1. The number of aromatic amines is 1. The van der Waals surface area contributed by atoms with Gasteiger partial charge >= 0.3 is 0 Å². The second kappa shape index (κ2) is 10.4. The summed E-state index contributed by atoms with van der Waals surface area (Å²) in [5.41, 5.74) is 5.34. The van der Waals surface area contributed by atoms with Crippen LogP contribution >= 0.6 is 0 Å². The maximum atomic E-state index is 10.5. The van der Waals surface area contributed by atoms with Crippen molar-refractivity contribution in [3.63, 3.8) is 0 Å². The summed E-state index contributed by atoms with van der Waals surface area (Å²) in [6, 6.07) is 10.1. The van der Waals surface area contributed by atoms with Gasteiger partial charge in [-0.15, -0.1) is 0 Å². The van der Waals surface area contributed by atoms with Gasteiger partial charge in [-0.2, -0.15) is 5.10 Å². The normalized spacial score (nSPS) is 28.2. The molecule has 9 nitrogen and oxygen atoms in total. The fourth-order valence-electron chi connectivity index (χ4n) is 5.40. The quantitative estimate of drug-likeness (QED) is 0.333. The molecule has 1 aliphatic heterocycles. The predicted octanol–water partition coefficient (Wildman–Crippen LogP) is 1.80. The summed E-state index contributed by atoms with van der Waals surface area (Å²) in [5.74, 6) is 1.92. The molecule has 0 bridgehead atoms. The van der Waals surface area contributed by atoms with Gasteiger partial charge in [0, 0.05) is 5.69 Å². The zero-order valence-corrected chi connectivity index (χ0v) is 20.6. The van der Waals surface area contributed by atoms with Gasteiger partial charge in [-0.25, -0.2) is 0 Å². The molecule has 36 heavy (non-hydrogen) atoms. The second-order valence-corrected chi connectivity index (χ2v) is 9.96. The minimum absolute atomic E-state index is 0.471. The maximum Gasteiger partial charge on any atom is 0.229 e. The molecule has 2 aromatic carbocycles. The molecule has 9 heteroatoms. The number of rotatable bonds is 7. The molecule has 1 aromatic heterocycles. The average molecular weight is 499 g/mol. The lowest BCUT2D eigenvalue weighted by Crippen LogP contribution is -2.60. The molecule has 194 valence electrons. The summed E-state index contributed by atoms with van der Waals surface area (Å²) < 4.78 is 17.0. The van der Waals surface area contributed by atoms with E-state index in [2.05, 4.69) is 22.3 Å². The van der Waals surface area contributed by atoms with Crippen molar-refractivity contribution >= 4 is 10.9 Å². The number of hydrogen-bond donors (Lipinski definition) is 5. The lowest BCUT2D eigenvalue weighted by atomic mass is 9.81. The lowest BCUT2D eigenvalue weighted by Gasteiger charge is -2.39. The molecule has 1 saturated heterocycles. The minimum Gasteiger partial charge on any atom is -0.497 e. The number of aryl methyl sites for hydroxylation is 3. The number of methoxy groups -OCH3 is 1. The molecule has 5 N–H and O–H groups in total. The molecule has 5 rings (SSSR count). The first-order chi connectivity index (χ1) is 17.4. The van der Waals surface area contributed by atoms with Crippen LogP contribution in [0.4, 0.5) is 0 Å². The molecule has 0 saturated carbocycles. The van der Waals surface area contributed by atoms with Crippen molar-refractivity contribution in [2.75, 3.05) is 13.7 Å². The van der Waals surface area contributed by atoms with Gasteiger partial charge in [0.25, 0.3) is 0 Å². The van der Waals surface area contributed by atoms with Crippen LogP contribution in [-0.2, 0) is 24.0 Å². The highest BCUT2D eigenvalue weighted by atomic mass is 16.7. The van der Waals surface area contributed by atoms with Crippen molar-refractivity contribution in [3.8, 4) is 11.5 Å². The van der Waals surface area contributed by atoms with Gasteiger partial charge in [0.05, 0.1) is 24.6 Å². The fraction of sp³-hybridized carbons (Fsp3) is 0.519. The minimum atomic E-state index is -1.50. The SMILES string of the molecule is COc1ccc2c(c1)CCC(CCc1[nH]nc3cc(C)cc(O[C@@H]4O[C@H](CO)[C@@H](O)[C@H](O)[C@H]4O)c13)C2. The van der Waals surface area contributed by atoms with E-state index in [9.17, 15) is 20.4 Å². The van der Waals surface area contributed by atoms with Gasteiger partial charge in [-0.1, -0.05) is 6.07 Å². The monoisotopic (exact) mass is 498 g/mol. The van der Waals surface area contributed by atoms with Crippen LogP contribution in [0.25, 0.3) is 10.9 Å². The zero-order valence-electron chi connectivity index (χ0n) is 20.6. The summed E-state index contributed by atoms with van der Waals surface area (Å²) in [6.07, 6.45) is -1.77. The van der Waals surface area contributed by atoms with E-state index in [0.717, 1.165) is 60.0 Å². The second-order valence-electron chi connectivity index (χ2n) is 9.96. The first-order valence-corrected chi connectivity index (χ1v) is 12.5. The van der Waals surface area contributed by atoms with Crippen LogP contribution in [0.3, 0.4) is 0 Å². The smallest absolute Gasteiger partial charge is 0.229 e. The Hall–Kier alpha value is -2.69. The zero-order chi connectivity index (χ0) is 25.4. The van der Waals surface area contributed by atoms with Crippen molar-refractivity contribution in [1.29, 1.82) is 0 Å². The molecule has 2 heterocycles. The Labute approximate surface area is 209 Å². The van der Waals surface area contributed by atoms with Crippen molar-refractivity contribution in [1.82, 2.24) is 10.2 Å². The summed E-state index contributed by atoms with van der Waals surface area (Å²) in [7, 11) is 1.69. The summed E-state index contributed by atoms with van der Waals surface area (Å²) >= 11 is 0. The molecule has 6 atom stereocenters. The van der Waals surface area contributed by atoms with Crippen LogP contribution in [0.1, 0.15) is 35.2 Å². The number of aromatic nitrogens is 2. The number of aliphatic hydroxyl groups excluding tert-OH is 4. The Morgan fingerprint density at radius 3 is 2.69 bits per heavy atom. The predicted molar refractivity (Wildman–Crippen MR) is 132 cm³/mol. The third-order valence-electron chi connectivity index (χ3n) is 7.48. The summed E-state index contributed by atoms with van der Waals surface area (Å²) in [4.78, 5) is 0. The van der Waals surface area contributed by atoms with E-state index in [-0.39, 0.29) is 0 Å². The van der Waals surface area contributed by atoms with E-state index in [1.54, 1.807) is 7.11 Å².